The molecule has 1 aromatic heterocycles. The van der Waals surface area contributed by atoms with Crippen LogP contribution in [0.4, 0.5) is 0 Å². The summed E-state index contributed by atoms with van der Waals surface area (Å²) in [4.78, 5) is 34.1. The molecule has 8 nitrogen and oxygen atoms in total. The largest absolute Gasteiger partial charge is 0.480 e. The van der Waals surface area contributed by atoms with Crippen molar-refractivity contribution in [1.29, 1.82) is 0 Å². The van der Waals surface area contributed by atoms with Crippen molar-refractivity contribution in [2.45, 2.75) is 38.6 Å². The van der Waals surface area contributed by atoms with Crippen molar-refractivity contribution >= 4 is 29.3 Å². The molecular weight excluding hydrogens is 284 g/mol. The van der Waals surface area contributed by atoms with Gasteiger partial charge in [0.05, 0.1) is 12.1 Å². The second kappa shape index (κ2) is 5.95. The smallest absolute Gasteiger partial charge is 0.326 e. The Morgan fingerprint density at radius 3 is 2.45 bits per heavy atom. The number of carboxylic acid groups (broad SMARTS) is 1. The van der Waals surface area contributed by atoms with Gasteiger partial charge in [0.2, 0.25) is 5.91 Å². The summed E-state index contributed by atoms with van der Waals surface area (Å²) in [6, 6.07) is -1.37. The molecule has 0 saturated heterocycles. The highest BCUT2D eigenvalue weighted by molar-refractivity contribution is 7.08. The molecule has 0 unspecified atom stereocenters. The van der Waals surface area contributed by atoms with Gasteiger partial charge >= 0.3 is 5.97 Å². The number of nitrogens with zero attached hydrogens (tertiary/aromatic N) is 2. The molecule has 20 heavy (non-hydrogen) atoms. The molecular formula is C11H16N4O4S. The number of primary amides is 1. The monoisotopic (exact) mass is 300 g/mol. The summed E-state index contributed by atoms with van der Waals surface area (Å²) in [5, 5.41) is 15.1. The highest BCUT2D eigenvalue weighted by Gasteiger charge is 2.29. The summed E-state index contributed by atoms with van der Waals surface area (Å²) in [5.74, 6) is -2.76. The molecule has 1 aromatic rings. The van der Waals surface area contributed by atoms with Gasteiger partial charge in [-0.2, -0.15) is 0 Å². The molecule has 1 atom stereocenters. The van der Waals surface area contributed by atoms with E-state index in [2.05, 4.69) is 14.9 Å². The Morgan fingerprint density at radius 2 is 2.00 bits per heavy atom. The Hall–Kier alpha value is -2.03. The van der Waals surface area contributed by atoms with Crippen LogP contribution in [0.2, 0.25) is 0 Å². The molecule has 9 heteroatoms. The van der Waals surface area contributed by atoms with E-state index in [1.165, 1.54) is 0 Å². The zero-order valence-corrected chi connectivity index (χ0v) is 12.2. The quantitative estimate of drug-likeness (QED) is 0.694. The first-order valence-corrected chi connectivity index (χ1v) is 6.55. The van der Waals surface area contributed by atoms with E-state index in [9.17, 15) is 14.4 Å². The highest BCUT2D eigenvalue weighted by atomic mass is 32.1. The summed E-state index contributed by atoms with van der Waals surface area (Å²) in [7, 11) is 0. The predicted octanol–water partition coefficient (Wildman–Crippen LogP) is -0.106. The van der Waals surface area contributed by atoms with Crippen LogP contribution in [0.1, 0.15) is 42.6 Å². The van der Waals surface area contributed by atoms with Gasteiger partial charge in [-0.1, -0.05) is 25.3 Å². The minimum Gasteiger partial charge on any atom is -0.480 e. The minimum atomic E-state index is -1.37. The van der Waals surface area contributed by atoms with Gasteiger partial charge in [-0.05, 0) is 11.5 Å². The first-order chi connectivity index (χ1) is 9.12. The van der Waals surface area contributed by atoms with Gasteiger partial charge in [-0.3, -0.25) is 9.59 Å². The molecule has 110 valence electrons. The van der Waals surface area contributed by atoms with E-state index in [4.69, 9.17) is 10.8 Å². The fraction of sp³-hybridized carbons (Fsp3) is 0.545. The number of carbonyl (C=O) groups is 3. The maximum absolute atomic E-state index is 12.1. The average Bonchev–Trinajstić information content (AvgIpc) is 2.75. The van der Waals surface area contributed by atoms with Crippen LogP contribution in [0.5, 0.6) is 0 Å². The number of amides is 2. The third-order valence-electron chi connectivity index (χ3n) is 2.41. The van der Waals surface area contributed by atoms with Crippen molar-refractivity contribution in [2.24, 2.45) is 5.73 Å². The fourth-order valence-corrected chi connectivity index (χ4v) is 2.23. The number of hydrogen-bond acceptors (Lipinski definition) is 6. The van der Waals surface area contributed by atoms with Crippen LogP contribution in [0.15, 0.2) is 0 Å². The fourth-order valence-electron chi connectivity index (χ4n) is 1.46. The van der Waals surface area contributed by atoms with Crippen molar-refractivity contribution < 1.29 is 19.5 Å². The normalized spacial score (nSPS) is 12.8. The first-order valence-electron chi connectivity index (χ1n) is 5.77. The Kier molecular flexibility index (Phi) is 4.77. The van der Waals surface area contributed by atoms with Gasteiger partial charge in [0, 0.05) is 5.41 Å². The van der Waals surface area contributed by atoms with Crippen LogP contribution in [0.3, 0.4) is 0 Å². The van der Waals surface area contributed by atoms with Gasteiger partial charge in [0.15, 0.2) is 0 Å². The van der Waals surface area contributed by atoms with E-state index < -0.39 is 35.7 Å². The molecule has 0 fully saturated rings. The molecule has 0 aliphatic rings. The van der Waals surface area contributed by atoms with E-state index in [1.54, 1.807) is 0 Å². The van der Waals surface area contributed by atoms with Crippen LogP contribution in [0, 0.1) is 0 Å². The maximum Gasteiger partial charge on any atom is 0.326 e. The zero-order chi connectivity index (χ0) is 15.5. The van der Waals surface area contributed by atoms with Crippen molar-refractivity contribution in [3.05, 3.63) is 10.6 Å². The molecule has 0 radical (unpaired) electrons. The van der Waals surface area contributed by atoms with Crippen LogP contribution in [-0.2, 0) is 15.0 Å². The lowest BCUT2D eigenvalue weighted by atomic mass is 9.91. The van der Waals surface area contributed by atoms with Crippen LogP contribution in [-0.4, -0.2) is 38.5 Å². The number of carboxylic acids is 1. The molecule has 2 amide bonds. The third kappa shape index (κ3) is 3.98. The molecule has 4 N–H and O–H groups in total. The highest BCUT2D eigenvalue weighted by Crippen LogP contribution is 2.25. The first kappa shape index (κ1) is 16.0. The summed E-state index contributed by atoms with van der Waals surface area (Å²) < 4.78 is 3.71. The van der Waals surface area contributed by atoms with Crippen molar-refractivity contribution in [1.82, 2.24) is 14.9 Å². The third-order valence-corrected chi connectivity index (χ3v) is 3.14. The molecule has 1 rings (SSSR count). The van der Waals surface area contributed by atoms with Gasteiger partial charge in [0.25, 0.3) is 5.91 Å². The Bertz CT molecular complexity index is 535. The number of hydrogen-bond donors (Lipinski definition) is 3. The number of rotatable bonds is 5. The van der Waals surface area contributed by atoms with Gasteiger partial charge in [0.1, 0.15) is 10.9 Å². The van der Waals surface area contributed by atoms with E-state index >= 15 is 0 Å². The Morgan fingerprint density at radius 1 is 1.40 bits per heavy atom. The molecule has 0 aliphatic heterocycles. The second-order valence-electron chi connectivity index (χ2n) is 5.24. The number of carbonyl (C=O) groups excluding carboxylic acids is 2. The molecule has 0 aromatic carbocycles. The topological polar surface area (TPSA) is 135 Å². The summed E-state index contributed by atoms with van der Waals surface area (Å²) in [6.45, 7) is 5.58. The SMILES string of the molecule is CC(C)(C)c1nnsc1C(=O)N[C@H](CC(N)=O)C(=O)O. The van der Waals surface area contributed by atoms with Crippen molar-refractivity contribution in [2.75, 3.05) is 0 Å². The standard InChI is InChI=1S/C11H16N4O4S/c1-11(2,3)8-7(20-15-14-8)9(17)13-5(10(18)19)4-6(12)16/h5H,4H2,1-3H3,(H2,12,16)(H,13,17)(H,18,19)/t5-/m1/s1. The molecule has 0 saturated carbocycles. The number of nitrogens with one attached hydrogen (secondary N) is 1. The van der Waals surface area contributed by atoms with E-state index in [-0.39, 0.29) is 4.88 Å². The zero-order valence-electron chi connectivity index (χ0n) is 11.3. The summed E-state index contributed by atoms with van der Waals surface area (Å²) in [6.07, 6.45) is -0.474. The van der Waals surface area contributed by atoms with E-state index in [1.807, 2.05) is 20.8 Å². The van der Waals surface area contributed by atoms with Gasteiger partial charge in [-0.15, -0.1) is 5.10 Å². The van der Waals surface area contributed by atoms with Crippen LogP contribution >= 0.6 is 11.5 Å². The predicted molar refractivity (Wildman–Crippen MR) is 71.3 cm³/mol. The summed E-state index contributed by atoms with van der Waals surface area (Å²) >= 11 is 0.875. The average molecular weight is 300 g/mol. The maximum atomic E-state index is 12.1. The van der Waals surface area contributed by atoms with Gasteiger partial charge in [-0.25, -0.2) is 4.79 Å². The number of aromatic nitrogens is 2. The van der Waals surface area contributed by atoms with E-state index in [0.29, 0.717) is 5.69 Å². The van der Waals surface area contributed by atoms with Crippen LogP contribution < -0.4 is 11.1 Å². The summed E-state index contributed by atoms with van der Waals surface area (Å²) in [5.41, 5.74) is 5.02. The van der Waals surface area contributed by atoms with Crippen molar-refractivity contribution in [3.63, 3.8) is 0 Å². The number of nitrogens with two attached hydrogens (primary N) is 1. The lowest BCUT2D eigenvalue weighted by Gasteiger charge is -2.17. The van der Waals surface area contributed by atoms with E-state index in [0.717, 1.165) is 11.5 Å². The molecule has 0 bridgehead atoms. The lowest BCUT2D eigenvalue weighted by molar-refractivity contribution is -0.140. The Balaban J connectivity index is 2.93. The lowest BCUT2D eigenvalue weighted by Crippen LogP contribution is -2.43. The van der Waals surface area contributed by atoms with Crippen LogP contribution in [0.25, 0.3) is 0 Å². The molecule has 0 aliphatic carbocycles. The molecule has 0 spiro atoms. The Labute approximate surface area is 119 Å². The number of aliphatic carboxylic acids is 1. The molecule has 1 heterocycles. The second-order valence-corrected chi connectivity index (χ2v) is 5.99. The van der Waals surface area contributed by atoms with Crippen molar-refractivity contribution in [3.8, 4) is 0 Å². The minimum absolute atomic E-state index is 0.230. The van der Waals surface area contributed by atoms with Gasteiger partial charge < -0.3 is 16.2 Å².